The number of rotatable bonds is 2. The van der Waals surface area contributed by atoms with Crippen molar-refractivity contribution >= 4 is 11.8 Å². The fraction of sp³-hybridized carbons (Fsp3) is 0.700. The number of esters is 1. The minimum Gasteiger partial charge on any atom is -0.430 e. The number of carbonyl (C=O) groups is 2. The Morgan fingerprint density at radius 3 is 2.52 bits per heavy atom. The highest BCUT2D eigenvalue weighted by atomic mass is 16.7. The van der Waals surface area contributed by atoms with Crippen LogP contribution in [-0.4, -0.2) is 34.3 Å². The maximum Gasteiger partial charge on any atom is 0.339 e. The van der Waals surface area contributed by atoms with E-state index < -0.39 is 28.6 Å². The number of carbonyl (C=O) groups excluding carboxylic acids is 2. The van der Waals surface area contributed by atoms with Crippen LogP contribution >= 0.6 is 0 Å². The first-order valence-electron chi connectivity index (χ1n) is 8.98. The van der Waals surface area contributed by atoms with Crippen molar-refractivity contribution in [1.82, 2.24) is 0 Å². The van der Waals surface area contributed by atoms with Gasteiger partial charge in [-0.1, -0.05) is 17.7 Å². The third-order valence-corrected chi connectivity index (χ3v) is 6.14. The summed E-state index contributed by atoms with van der Waals surface area (Å²) in [5.74, 6) is -1.69. The smallest absolute Gasteiger partial charge is 0.339 e. The topological polar surface area (TPSA) is 61.8 Å². The maximum atomic E-state index is 13.7. The van der Waals surface area contributed by atoms with Gasteiger partial charge in [0.1, 0.15) is 5.60 Å². The van der Waals surface area contributed by atoms with Crippen molar-refractivity contribution in [3.05, 3.63) is 23.3 Å². The molecule has 0 N–H and O–H groups in total. The molecule has 1 saturated carbocycles. The number of hydrogen-bond donors (Lipinski definition) is 0. The second-order valence-corrected chi connectivity index (χ2v) is 9.04. The van der Waals surface area contributed by atoms with Crippen LogP contribution in [0.15, 0.2) is 23.3 Å². The molecular formula is C20H26O5. The van der Waals surface area contributed by atoms with Gasteiger partial charge in [-0.25, -0.2) is 4.79 Å². The highest BCUT2D eigenvalue weighted by Gasteiger charge is 2.76. The molecule has 0 radical (unpaired) electrons. The van der Waals surface area contributed by atoms with Gasteiger partial charge in [0.05, 0.1) is 11.2 Å². The summed E-state index contributed by atoms with van der Waals surface area (Å²) in [6.07, 6.45) is 4.93. The number of Topliss-reactive ketones (excluding diaryl/α,β-unsaturated/α-hetero) is 1. The molecule has 136 valence electrons. The van der Waals surface area contributed by atoms with Gasteiger partial charge in [-0.2, -0.15) is 0 Å². The first-order valence-corrected chi connectivity index (χ1v) is 8.98. The van der Waals surface area contributed by atoms with E-state index in [1.807, 2.05) is 39.8 Å². The molecule has 2 heterocycles. The van der Waals surface area contributed by atoms with Crippen molar-refractivity contribution in [2.24, 2.45) is 11.8 Å². The van der Waals surface area contributed by atoms with Gasteiger partial charge in [0.15, 0.2) is 5.60 Å². The van der Waals surface area contributed by atoms with Crippen molar-refractivity contribution < 1.29 is 23.8 Å². The summed E-state index contributed by atoms with van der Waals surface area (Å²) in [5.41, 5.74) is -1.15. The average Bonchev–Trinajstić information content (AvgIpc) is 2.66. The van der Waals surface area contributed by atoms with Crippen molar-refractivity contribution in [2.45, 2.75) is 77.0 Å². The summed E-state index contributed by atoms with van der Waals surface area (Å²) < 4.78 is 18.0. The Hall–Kier alpha value is -1.46. The first-order chi connectivity index (χ1) is 11.4. The van der Waals surface area contributed by atoms with Gasteiger partial charge < -0.3 is 14.2 Å². The normalized spacial score (nSPS) is 42.6. The summed E-state index contributed by atoms with van der Waals surface area (Å²) in [7, 11) is 0. The van der Waals surface area contributed by atoms with E-state index in [1.54, 1.807) is 13.8 Å². The third-order valence-electron chi connectivity index (χ3n) is 6.14. The van der Waals surface area contributed by atoms with E-state index in [9.17, 15) is 9.59 Å². The Morgan fingerprint density at radius 1 is 1.20 bits per heavy atom. The summed E-state index contributed by atoms with van der Waals surface area (Å²) in [4.78, 5) is 26.3. The van der Waals surface area contributed by atoms with E-state index in [4.69, 9.17) is 14.2 Å². The first kappa shape index (κ1) is 17.0. The standard InChI is InChI=1S/C20H26O5/c1-11(2)7-8-19-12-9-13-15(21)23-18(5,6)25-20(13,16(19)22)10-14(12)17(3,4)24-19/h7,9,12,14H,8,10H2,1-6H3. The van der Waals surface area contributed by atoms with Crippen LogP contribution in [0.4, 0.5) is 0 Å². The molecule has 0 aromatic carbocycles. The number of cyclic esters (lactones) is 1. The Labute approximate surface area is 148 Å². The van der Waals surface area contributed by atoms with Gasteiger partial charge in [-0.3, -0.25) is 4.79 Å². The van der Waals surface area contributed by atoms with E-state index in [1.165, 1.54) is 0 Å². The number of allylic oxidation sites excluding steroid dienone is 1. The van der Waals surface area contributed by atoms with Crippen molar-refractivity contribution in [3.63, 3.8) is 0 Å². The Bertz CT molecular complexity index is 739. The lowest BCUT2D eigenvalue weighted by molar-refractivity contribution is -0.276. The third kappa shape index (κ3) is 2.02. The molecular weight excluding hydrogens is 320 g/mol. The maximum absolute atomic E-state index is 13.7. The predicted octanol–water partition coefficient (Wildman–Crippen LogP) is 3.08. The molecule has 0 aromatic rings. The Morgan fingerprint density at radius 2 is 1.88 bits per heavy atom. The highest BCUT2D eigenvalue weighted by molar-refractivity contribution is 6.10. The number of ketones is 1. The summed E-state index contributed by atoms with van der Waals surface area (Å²) in [6.45, 7) is 11.5. The van der Waals surface area contributed by atoms with Crippen LogP contribution in [0.2, 0.25) is 0 Å². The van der Waals surface area contributed by atoms with Crippen LogP contribution in [0.1, 0.15) is 54.4 Å². The zero-order valence-corrected chi connectivity index (χ0v) is 15.8. The second-order valence-electron chi connectivity index (χ2n) is 9.04. The van der Waals surface area contributed by atoms with Gasteiger partial charge in [0.25, 0.3) is 0 Å². The molecule has 0 aromatic heterocycles. The van der Waals surface area contributed by atoms with Crippen molar-refractivity contribution in [3.8, 4) is 0 Å². The minimum absolute atomic E-state index is 0.119. The quantitative estimate of drug-likeness (QED) is 0.568. The fourth-order valence-corrected chi connectivity index (χ4v) is 5.20. The summed E-state index contributed by atoms with van der Waals surface area (Å²) >= 11 is 0. The molecule has 4 atom stereocenters. The molecule has 5 nitrogen and oxygen atoms in total. The van der Waals surface area contributed by atoms with Crippen LogP contribution in [-0.2, 0) is 23.8 Å². The molecule has 5 aliphatic rings. The Kier molecular flexibility index (Phi) is 3.14. The van der Waals surface area contributed by atoms with E-state index in [0.29, 0.717) is 18.4 Å². The molecule has 2 aliphatic heterocycles. The van der Waals surface area contributed by atoms with Crippen LogP contribution in [0.25, 0.3) is 0 Å². The van der Waals surface area contributed by atoms with Crippen molar-refractivity contribution in [2.75, 3.05) is 0 Å². The molecule has 2 saturated heterocycles. The lowest BCUT2D eigenvalue weighted by atomic mass is 9.54. The van der Waals surface area contributed by atoms with Crippen LogP contribution in [0.3, 0.4) is 0 Å². The van der Waals surface area contributed by atoms with E-state index in [2.05, 4.69) is 0 Å². The molecule has 3 aliphatic carbocycles. The largest absolute Gasteiger partial charge is 0.430 e. The highest BCUT2D eigenvalue weighted by Crippen LogP contribution is 2.64. The summed E-state index contributed by atoms with van der Waals surface area (Å²) in [6, 6.07) is 0. The molecule has 25 heavy (non-hydrogen) atoms. The van der Waals surface area contributed by atoms with Crippen LogP contribution < -0.4 is 0 Å². The lowest BCUT2D eigenvalue weighted by Crippen LogP contribution is -2.69. The zero-order chi connectivity index (χ0) is 18.4. The van der Waals surface area contributed by atoms with E-state index >= 15 is 0 Å². The molecule has 4 unspecified atom stereocenters. The molecule has 1 spiro atoms. The summed E-state index contributed by atoms with van der Waals surface area (Å²) in [5, 5.41) is 0. The van der Waals surface area contributed by atoms with E-state index in [0.717, 1.165) is 5.57 Å². The Balaban J connectivity index is 1.91. The van der Waals surface area contributed by atoms with Gasteiger partial charge in [-0.05, 0) is 34.1 Å². The molecule has 3 fully saturated rings. The van der Waals surface area contributed by atoms with Crippen LogP contribution in [0.5, 0.6) is 0 Å². The molecule has 5 rings (SSSR count). The molecule has 4 bridgehead atoms. The average molecular weight is 346 g/mol. The fourth-order valence-electron chi connectivity index (χ4n) is 5.20. The zero-order valence-electron chi connectivity index (χ0n) is 15.8. The molecule has 5 heteroatoms. The minimum atomic E-state index is -1.25. The predicted molar refractivity (Wildman–Crippen MR) is 90.6 cm³/mol. The SMILES string of the molecule is CC(C)=CCC12OC(C)(C)C3CC4(OC(C)(C)OC(=O)C4=CC31)C2=O. The van der Waals surface area contributed by atoms with Crippen LogP contribution in [0, 0.1) is 11.8 Å². The van der Waals surface area contributed by atoms with Gasteiger partial charge in [-0.15, -0.1) is 0 Å². The number of hydrogen-bond acceptors (Lipinski definition) is 5. The number of ether oxygens (including phenoxy) is 3. The van der Waals surface area contributed by atoms with Gasteiger partial charge in [0.2, 0.25) is 11.6 Å². The lowest BCUT2D eigenvalue weighted by Gasteiger charge is -2.55. The monoisotopic (exact) mass is 346 g/mol. The van der Waals surface area contributed by atoms with Crippen molar-refractivity contribution in [1.29, 1.82) is 0 Å². The van der Waals surface area contributed by atoms with Gasteiger partial charge in [0, 0.05) is 32.1 Å². The second kappa shape index (κ2) is 4.63. The van der Waals surface area contributed by atoms with E-state index in [-0.39, 0.29) is 17.6 Å². The molecule has 0 amide bonds. The van der Waals surface area contributed by atoms with Gasteiger partial charge >= 0.3 is 5.97 Å².